The van der Waals surface area contributed by atoms with Crippen LogP contribution in [0.5, 0.6) is 0 Å². The summed E-state index contributed by atoms with van der Waals surface area (Å²) in [4.78, 5) is 25.5. The summed E-state index contributed by atoms with van der Waals surface area (Å²) in [5.74, 6) is 0.299. The molecule has 5 nitrogen and oxygen atoms in total. The van der Waals surface area contributed by atoms with Crippen LogP contribution in [-0.4, -0.2) is 23.6 Å². The normalized spacial score (nSPS) is 18.0. The van der Waals surface area contributed by atoms with Crippen molar-refractivity contribution in [2.24, 2.45) is 5.92 Å². The van der Waals surface area contributed by atoms with Gasteiger partial charge in [-0.2, -0.15) is 0 Å². The van der Waals surface area contributed by atoms with E-state index in [9.17, 15) is 9.59 Å². The summed E-state index contributed by atoms with van der Waals surface area (Å²) in [5.41, 5.74) is -0.580. The molecule has 0 aliphatic heterocycles. The summed E-state index contributed by atoms with van der Waals surface area (Å²) in [6.07, 6.45) is 4.13. The number of hydrogen-bond acceptors (Lipinski definition) is 4. The van der Waals surface area contributed by atoms with Gasteiger partial charge in [-0.25, -0.2) is 4.79 Å². The first-order chi connectivity index (χ1) is 11.3. The van der Waals surface area contributed by atoms with Gasteiger partial charge in [0.1, 0.15) is 11.6 Å². The Morgan fingerprint density at radius 2 is 1.92 bits per heavy atom. The van der Waals surface area contributed by atoms with Crippen molar-refractivity contribution in [3.63, 3.8) is 0 Å². The molecule has 1 aliphatic carbocycles. The van der Waals surface area contributed by atoms with E-state index >= 15 is 0 Å². The van der Waals surface area contributed by atoms with Crippen molar-refractivity contribution in [3.8, 4) is 0 Å². The third-order valence-corrected chi connectivity index (χ3v) is 5.10. The number of carbonyl (C=O) groups is 2. The molecule has 1 aliphatic rings. The predicted molar refractivity (Wildman–Crippen MR) is 96.0 cm³/mol. The fourth-order valence-electron chi connectivity index (χ4n) is 3.01. The van der Waals surface area contributed by atoms with Crippen LogP contribution in [0.3, 0.4) is 0 Å². The maximum absolute atomic E-state index is 12.5. The van der Waals surface area contributed by atoms with Crippen LogP contribution in [0, 0.1) is 5.92 Å². The average molecular weight is 353 g/mol. The summed E-state index contributed by atoms with van der Waals surface area (Å²) < 4.78 is 5.21. The zero-order valence-electron chi connectivity index (χ0n) is 14.9. The Labute approximate surface area is 148 Å². The van der Waals surface area contributed by atoms with Crippen LogP contribution in [0.25, 0.3) is 0 Å². The second kappa shape index (κ2) is 8.01. The highest BCUT2D eigenvalue weighted by atomic mass is 32.1. The van der Waals surface area contributed by atoms with E-state index in [-0.39, 0.29) is 11.9 Å². The van der Waals surface area contributed by atoms with Gasteiger partial charge in [0.2, 0.25) is 5.91 Å². The summed E-state index contributed by atoms with van der Waals surface area (Å²) >= 11 is 1.67. The van der Waals surface area contributed by atoms with Gasteiger partial charge in [-0.05, 0) is 57.9 Å². The van der Waals surface area contributed by atoms with Crippen molar-refractivity contribution >= 4 is 23.3 Å². The Bertz CT molecular complexity index is 545. The number of ether oxygens (including phenoxy) is 1. The summed E-state index contributed by atoms with van der Waals surface area (Å²) in [7, 11) is 0. The molecule has 6 heteroatoms. The molecule has 1 aromatic heterocycles. The minimum absolute atomic E-state index is 0.0305. The lowest BCUT2D eigenvalue weighted by atomic mass is 9.96. The van der Waals surface area contributed by atoms with Crippen molar-refractivity contribution in [1.82, 2.24) is 10.6 Å². The van der Waals surface area contributed by atoms with Gasteiger partial charge in [-0.15, -0.1) is 11.3 Å². The smallest absolute Gasteiger partial charge is 0.408 e. The highest BCUT2D eigenvalue weighted by Gasteiger charge is 2.30. The lowest BCUT2D eigenvalue weighted by molar-refractivity contribution is -0.123. The highest BCUT2D eigenvalue weighted by Crippen LogP contribution is 2.37. The van der Waals surface area contributed by atoms with E-state index in [0.717, 1.165) is 12.8 Å². The second-order valence-electron chi connectivity index (χ2n) is 7.41. The molecular weight excluding hydrogens is 324 g/mol. The Hall–Kier alpha value is -1.56. The molecule has 0 radical (unpaired) electrons. The highest BCUT2D eigenvalue weighted by molar-refractivity contribution is 7.10. The second-order valence-corrected chi connectivity index (χ2v) is 8.39. The van der Waals surface area contributed by atoms with E-state index in [0.29, 0.717) is 5.92 Å². The number of thiophene rings is 1. The first kappa shape index (κ1) is 18.8. The van der Waals surface area contributed by atoms with E-state index in [1.165, 1.54) is 17.7 Å². The number of carbonyl (C=O) groups excluding carboxylic acids is 2. The molecule has 0 saturated heterocycles. The largest absolute Gasteiger partial charge is 0.444 e. The predicted octanol–water partition coefficient (Wildman–Crippen LogP) is 4.01. The van der Waals surface area contributed by atoms with Crippen molar-refractivity contribution in [2.45, 2.75) is 71.1 Å². The van der Waals surface area contributed by atoms with Crippen LogP contribution in [0.2, 0.25) is 0 Å². The number of amides is 2. The molecule has 2 atom stereocenters. The molecule has 0 spiro atoms. The van der Waals surface area contributed by atoms with Crippen LogP contribution in [0.1, 0.15) is 64.3 Å². The Morgan fingerprint density at radius 1 is 1.25 bits per heavy atom. The fourth-order valence-corrected chi connectivity index (χ4v) is 3.88. The Kier molecular flexibility index (Phi) is 6.27. The van der Waals surface area contributed by atoms with Crippen LogP contribution >= 0.6 is 11.3 Å². The molecule has 2 rings (SSSR count). The van der Waals surface area contributed by atoms with E-state index in [1.807, 2.05) is 11.4 Å². The molecular formula is C18H28N2O3S. The summed E-state index contributed by atoms with van der Waals surface area (Å²) in [6, 6.07) is 3.47. The number of alkyl carbamates (subject to hydrolysis) is 1. The third-order valence-electron chi connectivity index (χ3n) is 4.15. The first-order valence-corrected chi connectivity index (χ1v) is 9.47. The minimum Gasteiger partial charge on any atom is -0.444 e. The molecule has 24 heavy (non-hydrogen) atoms. The van der Waals surface area contributed by atoms with E-state index in [4.69, 9.17) is 4.74 Å². The molecule has 0 aromatic carbocycles. The van der Waals surface area contributed by atoms with Crippen LogP contribution in [-0.2, 0) is 9.53 Å². The summed E-state index contributed by atoms with van der Waals surface area (Å²) in [6.45, 7) is 7.07. The number of hydrogen-bond donors (Lipinski definition) is 2. The molecule has 0 bridgehead atoms. The standard InChI is InChI=1S/C18H28N2O3S/c1-12(19-17(22)23-18(2,3)4)16(21)20-15(13-8-5-6-9-13)14-10-7-11-24-14/h7,10-13,15H,5-6,8-9H2,1-4H3,(H,19,22)(H,20,21)/t12-,15+/m0/s1. The van der Waals surface area contributed by atoms with Gasteiger partial charge in [0.05, 0.1) is 6.04 Å². The first-order valence-electron chi connectivity index (χ1n) is 8.59. The van der Waals surface area contributed by atoms with E-state index in [2.05, 4.69) is 16.7 Å². The van der Waals surface area contributed by atoms with Gasteiger partial charge in [0.15, 0.2) is 0 Å². The molecule has 0 unspecified atom stereocenters. The monoisotopic (exact) mass is 352 g/mol. The topological polar surface area (TPSA) is 67.4 Å². The van der Waals surface area contributed by atoms with Gasteiger partial charge in [0, 0.05) is 4.88 Å². The van der Waals surface area contributed by atoms with Gasteiger partial charge in [0.25, 0.3) is 0 Å². The van der Waals surface area contributed by atoms with Crippen molar-refractivity contribution in [2.75, 3.05) is 0 Å². The zero-order valence-corrected chi connectivity index (χ0v) is 15.7. The zero-order chi connectivity index (χ0) is 17.7. The maximum atomic E-state index is 12.5. The molecule has 1 fully saturated rings. The fraction of sp³-hybridized carbons (Fsp3) is 0.667. The Morgan fingerprint density at radius 3 is 2.46 bits per heavy atom. The third kappa shape index (κ3) is 5.51. The molecule has 2 amide bonds. The number of rotatable bonds is 5. The van der Waals surface area contributed by atoms with Crippen molar-refractivity contribution in [3.05, 3.63) is 22.4 Å². The molecule has 1 heterocycles. The van der Waals surface area contributed by atoms with Crippen molar-refractivity contribution < 1.29 is 14.3 Å². The van der Waals surface area contributed by atoms with Crippen LogP contribution < -0.4 is 10.6 Å². The van der Waals surface area contributed by atoms with Gasteiger partial charge < -0.3 is 15.4 Å². The van der Waals surface area contributed by atoms with Crippen LogP contribution in [0.4, 0.5) is 4.79 Å². The van der Waals surface area contributed by atoms with E-state index < -0.39 is 17.7 Å². The maximum Gasteiger partial charge on any atom is 0.408 e. The van der Waals surface area contributed by atoms with Gasteiger partial charge in [-0.3, -0.25) is 4.79 Å². The molecule has 2 N–H and O–H groups in total. The molecule has 1 saturated carbocycles. The van der Waals surface area contributed by atoms with Gasteiger partial charge >= 0.3 is 6.09 Å². The summed E-state index contributed by atoms with van der Waals surface area (Å²) in [5, 5.41) is 7.77. The lowest BCUT2D eigenvalue weighted by Gasteiger charge is -2.26. The van der Waals surface area contributed by atoms with Gasteiger partial charge in [-0.1, -0.05) is 18.9 Å². The molecule has 1 aromatic rings. The minimum atomic E-state index is -0.635. The number of nitrogens with one attached hydrogen (secondary N) is 2. The van der Waals surface area contributed by atoms with Crippen LogP contribution in [0.15, 0.2) is 17.5 Å². The average Bonchev–Trinajstić information content (AvgIpc) is 3.15. The van der Waals surface area contributed by atoms with Crippen molar-refractivity contribution in [1.29, 1.82) is 0 Å². The van der Waals surface area contributed by atoms with E-state index in [1.54, 1.807) is 39.0 Å². The quantitative estimate of drug-likeness (QED) is 0.841. The SMILES string of the molecule is C[C@H](NC(=O)OC(C)(C)C)C(=O)N[C@@H](c1cccs1)C1CCCC1. The molecule has 134 valence electrons. The Balaban J connectivity index is 1.95. The lowest BCUT2D eigenvalue weighted by Crippen LogP contribution is -2.48.